The van der Waals surface area contributed by atoms with Gasteiger partial charge in [-0.25, -0.2) is 9.69 Å². The lowest BCUT2D eigenvalue weighted by atomic mass is 10.1. The van der Waals surface area contributed by atoms with E-state index in [0.717, 1.165) is 14.0 Å². The first kappa shape index (κ1) is 24.4. The number of ether oxygens (including phenoxy) is 2. The summed E-state index contributed by atoms with van der Waals surface area (Å²) >= 11 is 14.7. The van der Waals surface area contributed by atoms with E-state index in [9.17, 15) is 9.59 Å². The van der Waals surface area contributed by atoms with Crippen molar-refractivity contribution in [3.05, 3.63) is 91.1 Å². The first-order valence-electron chi connectivity index (χ1n) is 10.3. The summed E-state index contributed by atoms with van der Waals surface area (Å²) in [4.78, 5) is 26.4. The maximum atomic E-state index is 12.9. The highest BCUT2D eigenvalue weighted by Gasteiger charge is 2.34. The second kappa shape index (κ2) is 10.7. The number of carbonyl (C=O) groups is 2. The van der Waals surface area contributed by atoms with Crippen LogP contribution in [0.15, 0.2) is 66.4 Å². The largest absolute Gasteiger partial charge is 0.490 e. The van der Waals surface area contributed by atoms with Crippen LogP contribution in [-0.2, 0) is 11.4 Å². The summed E-state index contributed by atoms with van der Waals surface area (Å²) in [6, 6.07) is 17.2. The molecule has 6 nitrogen and oxygen atoms in total. The van der Waals surface area contributed by atoms with Crippen LogP contribution in [-0.4, -0.2) is 18.5 Å². The molecule has 0 unspecified atom stereocenters. The fourth-order valence-corrected chi connectivity index (χ4v) is 4.10. The molecule has 0 spiro atoms. The van der Waals surface area contributed by atoms with Crippen molar-refractivity contribution in [2.45, 2.75) is 13.5 Å². The minimum atomic E-state index is -0.549. The van der Waals surface area contributed by atoms with Crippen molar-refractivity contribution in [3.8, 4) is 11.5 Å². The number of anilines is 1. The van der Waals surface area contributed by atoms with Gasteiger partial charge in [-0.2, -0.15) is 0 Å². The first-order valence-corrected chi connectivity index (χ1v) is 12.2. The van der Waals surface area contributed by atoms with Crippen molar-refractivity contribution in [2.24, 2.45) is 0 Å². The summed E-state index contributed by atoms with van der Waals surface area (Å²) in [5.41, 5.74) is 2.11. The Morgan fingerprint density at radius 3 is 2.38 bits per heavy atom. The lowest BCUT2D eigenvalue weighted by Crippen LogP contribution is -2.30. The van der Waals surface area contributed by atoms with Crippen LogP contribution in [0.3, 0.4) is 0 Å². The summed E-state index contributed by atoms with van der Waals surface area (Å²) in [5, 5.41) is 3.44. The lowest BCUT2D eigenvalue weighted by molar-refractivity contribution is -0.113. The van der Waals surface area contributed by atoms with Crippen molar-refractivity contribution >= 4 is 69.5 Å². The predicted octanol–water partition coefficient (Wildman–Crippen LogP) is 6.67. The van der Waals surface area contributed by atoms with E-state index in [-0.39, 0.29) is 5.70 Å². The lowest BCUT2D eigenvalue weighted by Gasteiger charge is -2.15. The van der Waals surface area contributed by atoms with Gasteiger partial charge in [-0.15, -0.1) is 0 Å². The third-order valence-electron chi connectivity index (χ3n) is 4.90. The molecule has 3 aromatic rings. The number of rotatable bonds is 7. The molecule has 0 radical (unpaired) electrons. The van der Waals surface area contributed by atoms with Gasteiger partial charge in [0.05, 0.1) is 17.3 Å². The molecule has 1 fully saturated rings. The molecule has 1 saturated heterocycles. The van der Waals surface area contributed by atoms with E-state index in [4.69, 9.17) is 32.7 Å². The average Bonchev–Trinajstić information content (AvgIpc) is 3.08. The zero-order chi connectivity index (χ0) is 24.2. The second-order valence-electron chi connectivity index (χ2n) is 7.28. The van der Waals surface area contributed by atoms with Gasteiger partial charge < -0.3 is 14.8 Å². The Balaban J connectivity index is 1.59. The SMILES string of the molecule is CCOc1cc(/C=C2/NC(=O)N(c3ccc(Cl)cc3)C2=O)cc(Cl)c1OCc1ccc(I)cc1. The van der Waals surface area contributed by atoms with Crippen molar-refractivity contribution in [1.82, 2.24) is 5.32 Å². The van der Waals surface area contributed by atoms with E-state index in [2.05, 4.69) is 27.9 Å². The van der Waals surface area contributed by atoms with Gasteiger partial charge in [-0.3, -0.25) is 4.79 Å². The number of nitrogens with zero attached hydrogens (tertiary/aromatic N) is 1. The number of benzene rings is 3. The molecular formula is C25H19Cl2IN2O4. The number of urea groups is 1. The summed E-state index contributed by atoms with van der Waals surface area (Å²) < 4.78 is 12.8. The van der Waals surface area contributed by atoms with E-state index in [1.165, 1.54) is 0 Å². The Bertz CT molecular complexity index is 1260. The molecule has 34 heavy (non-hydrogen) atoms. The number of hydrogen-bond donors (Lipinski definition) is 1. The Hall–Kier alpha value is -2.75. The van der Waals surface area contributed by atoms with Gasteiger partial charge in [0.25, 0.3) is 5.91 Å². The van der Waals surface area contributed by atoms with Crippen LogP contribution in [0.2, 0.25) is 10.0 Å². The molecular weight excluding hydrogens is 590 g/mol. The molecule has 0 aromatic heterocycles. The summed E-state index contributed by atoms with van der Waals surface area (Å²) in [7, 11) is 0. The molecule has 1 N–H and O–H groups in total. The molecule has 0 saturated carbocycles. The van der Waals surface area contributed by atoms with Crippen LogP contribution >= 0.6 is 45.8 Å². The Labute approximate surface area is 220 Å². The van der Waals surface area contributed by atoms with E-state index >= 15 is 0 Å². The van der Waals surface area contributed by atoms with Gasteiger partial charge in [0.1, 0.15) is 12.3 Å². The third-order valence-corrected chi connectivity index (χ3v) is 6.15. The smallest absolute Gasteiger partial charge is 0.333 e. The van der Waals surface area contributed by atoms with Gasteiger partial charge >= 0.3 is 6.03 Å². The third kappa shape index (κ3) is 5.48. The molecule has 1 heterocycles. The highest BCUT2D eigenvalue weighted by atomic mass is 127. The summed E-state index contributed by atoms with van der Waals surface area (Å²) in [5.74, 6) is 0.368. The minimum absolute atomic E-state index is 0.117. The van der Waals surface area contributed by atoms with Crippen LogP contribution in [0, 0.1) is 3.57 Å². The fourth-order valence-electron chi connectivity index (χ4n) is 3.34. The van der Waals surface area contributed by atoms with Crippen molar-refractivity contribution in [3.63, 3.8) is 0 Å². The maximum Gasteiger partial charge on any atom is 0.333 e. The zero-order valence-corrected chi connectivity index (χ0v) is 21.6. The zero-order valence-electron chi connectivity index (χ0n) is 18.0. The monoisotopic (exact) mass is 608 g/mol. The van der Waals surface area contributed by atoms with Crippen LogP contribution < -0.4 is 19.7 Å². The van der Waals surface area contributed by atoms with E-state index in [1.807, 2.05) is 31.2 Å². The van der Waals surface area contributed by atoms with Gasteiger partial charge in [-0.05, 0) is 95.2 Å². The standard InChI is InChI=1S/C25H19Cl2IN2O4/c1-2-33-22-13-16(11-20(27)23(22)34-14-15-3-7-18(28)8-4-15)12-21-24(31)30(25(32)29-21)19-9-5-17(26)6-10-19/h3-13H,2,14H2,1H3,(H,29,32)/b21-12+. The number of amides is 3. The topological polar surface area (TPSA) is 67.9 Å². The van der Waals surface area contributed by atoms with Gasteiger partial charge in [0, 0.05) is 8.59 Å². The highest BCUT2D eigenvalue weighted by molar-refractivity contribution is 14.1. The molecule has 9 heteroatoms. The van der Waals surface area contributed by atoms with Crippen molar-refractivity contribution in [1.29, 1.82) is 0 Å². The molecule has 3 aromatic carbocycles. The number of carbonyl (C=O) groups excluding carboxylic acids is 2. The number of halogens is 3. The van der Waals surface area contributed by atoms with E-state index < -0.39 is 11.9 Å². The van der Waals surface area contributed by atoms with Crippen molar-refractivity contribution < 1.29 is 19.1 Å². The highest BCUT2D eigenvalue weighted by Crippen LogP contribution is 2.38. The number of hydrogen-bond acceptors (Lipinski definition) is 4. The van der Waals surface area contributed by atoms with Gasteiger partial charge in [0.2, 0.25) is 0 Å². The van der Waals surface area contributed by atoms with Gasteiger partial charge in [-0.1, -0.05) is 35.3 Å². The average molecular weight is 609 g/mol. The Morgan fingerprint density at radius 1 is 1.00 bits per heavy atom. The maximum absolute atomic E-state index is 12.9. The number of imide groups is 1. The second-order valence-corrected chi connectivity index (χ2v) is 9.37. The number of nitrogens with one attached hydrogen (secondary N) is 1. The quantitative estimate of drug-likeness (QED) is 0.185. The van der Waals surface area contributed by atoms with E-state index in [1.54, 1.807) is 42.5 Å². The molecule has 0 aliphatic carbocycles. The molecule has 1 aliphatic rings. The molecule has 174 valence electrons. The molecule has 3 amide bonds. The predicted molar refractivity (Wildman–Crippen MR) is 142 cm³/mol. The summed E-state index contributed by atoms with van der Waals surface area (Å²) in [6.45, 7) is 2.57. The minimum Gasteiger partial charge on any atom is -0.490 e. The molecule has 0 bridgehead atoms. The van der Waals surface area contributed by atoms with Crippen LogP contribution in [0.5, 0.6) is 11.5 Å². The molecule has 4 rings (SSSR count). The van der Waals surface area contributed by atoms with Gasteiger partial charge in [0.15, 0.2) is 11.5 Å². The van der Waals surface area contributed by atoms with Crippen LogP contribution in [0.4, 0.5) is 10.5 Å². The fraction of sp³-hybridized carbons (Fsp3) is 0.120. The Kier molecular flexibility index (Phi) is 7.65. The normalized spacial score (nSPS) is 14.5. The van der Waals surface area contributed by atoms with E-state index in [0.29, 0.717) is 46.0 Å². The molecule has 0 atom stereocenters. The summed E-state index contributed by atoms with van der Waals surface area (Å²) in [6.07, 6.45) is 1.55. The van der Waals surface area contributed by atoms with Crippen molar-refractivity contribution in [2.75, 3.05) is 11.5 Å². The Morgan fingerprint density at radius 2 is 1.71 bits per heavy atom. The molecule has 1 aliphatic heterocycles. The van der Waals surface area contributed by atoms with Crippen LogP contribution in [0.25, 0.3) is 6.08 Å². The van der Waals surface area contributed by atoms with Crippen LogP contribution in [0.1, 0.15) is 18.1 Å². The first-order chi connectivity index (χ1) is 16.4.